The van der Waals surface area contributed by atoms with Crippen molar-refractivity contribution in [1.82, 2.24) is 19.4 Å². The van der Waals surface area contributed by atoms with E-state index in [0.29, 0.717) is 49.4 Å². The van der Waals surface area contributed by atoms with Gasteiger partial charge in [0, 0.05) is 39.6 Å². The lowest BCUT2D eigenvalue weighted by atomic mass is 10.2. The quantitative estimate of drug-likeness (QED) is 0.344. The summed E-state index contributed by atoms with van der Waals surface area (Å²) in [4.78, 5) is 25.7. The maximum atomic E-state index is 12.9. The number of carbonyl (C=O) groups excluding carboxylic acids is 1. The molecule has 0 atom stereocenters. The molecule has 2 aromatic heterocycles. The number of piperazine rings is 1. The van der Waals surface area contributed by atoms with Gasteiger partial charge in [-0.25, -0.2) is 9.97 Å². The first kappa shape index (κ1) is 23.2. The number of aromatic nitrogens is 3. The van der Waals surface area contributed by atoms with Gasteiger partial charge in [-0.2, -0.15) is 5.26 Å². The van der Waals surface area contributed by atoms with Crippen molar-refractivity contribution in [3.8, 4) is 6.07 Å². The van der Waals surface area contributed by atoms with Crippen LogP contribution in [0.1, 0.15) is 44.2 Å². The average molecular weight is 467 g/mol. The third kappa shape index (κ3) is 5.33. The lowest BCUT2D eigenvalue weighted by Gasteiger charge is -2.34. The molecule has 1 amide bonds. The van der Waals surface area contributed by atoms with Crippen LogP contribution in [0.4, 0.5) is 5.88 Å². The Morgan fingerprint density at radius 2 is 1.94 bits per heavy atom. The second-order valence-corrected chi connectivity index (χ2v) is 9.19. The molecule has 3 aromatic rings. The van der Waals surface area contributed by atoms with Gasteiger partial charge in [-0.3, -0.25) is 4.79 Å². The molecule has 0 aliphatic carbocycles. The Balaban J connectivity index is 1.36. The molecular formula is C24H30N6O2S. The van der Waals surface area contributed by atoms with Gasteiger partial charge in [0.15, 0.2) is 11.0 Å². The number of rotatable bonds is 9. The molecule has 0 unspecified atom stereocenters. The number of benzene rings is 1. The highest BCUT2D eigenvalue weighted by molar-refractivity contribution is 7.99. The van der Waals surface area contributed by atoms with E-state index in [1.165, 1.54) is 31.0 Å². The number of fused-ring (bicyclic) bond motifs is 1. The molecular weight excluding hydrogens is 436 g/mol. The summed E-state index contributed by atoms with van der Waals surface area (Å²) in [6, 6.07) is 10.3. The summed E-state index contributed by atoms with van der Waals surface area (Å²) in [5.74, 6) is 1.46. The van der Waals surface area contributed by atoms with E-state index in [-0.39, 0.29) is 5.91 Å². The molecule has 174 valence electrons. The zero-order chi connectivity index (χ0) is 23.2. The molecule has 1 aliphatic heterocycles. The first-order chi connectivity index (χ1) is 16.1. The Bertz CT molecular complexity index is 1140. The molecule has 4 rings (SSSR count). The van der Waals surface area contributed by atoms with Gasteiger partial charge in [0.25, 0.3) is 0 Å². The molecule has 3 heterocycles. The first-order valence-electron chi connectivity index (χ1n) is 11.6. The van der Waals surface area contributed by atoms with Crippen LogP contribution in [0.2, 0.25) is 0 Å². The molecule has 9 heteroatoms. The number of amides is 1. The van der Waals surface area contributed by atoms with Gasteiger partial charge in [-0.15, -0.1) is 0 Å². The van der Waals surface area contributed by atoms with E-state index in [1.54, 1.807) is 6.92 Å². The zero-order valence-corrected chi connectivity index (χ0v) is 20.1. The van der Waals surface area contributed by atoms with E-state index in [9.17, 15) is 10.1 Å². The Morgan fingerprint density at radius 1 is 1.15 bits per heavy atom. The number of nitriles is 1. The van der Waals surface area contributed by atoms with Crippen LogP contribution in [0.3, 0.4) is 0 Å². The van der Waals surface area contributed by atoms with Crippen LogP contribution in [-0.4, -0.2) is 57.3 Å². The van der Waals surface area contributed by atoms with Crippen molar-refractivity contribution < 1.29 is 9.21 Å². The molecule has 1 saturated heterocycles. The number of para-hydroxylation sites is 2. The Kier molecular flexibility index (Phi) is 7.55. The van der Waals surface area contributed by atoms with Crippen molar-refractivity contribution in [3.63, 3.8) is 0 Å². The number of imidazole rings is 1. The number of oxazole rings is 1. The molecule has 1 fully saturated rings. The fourth-order valence-electron chi connectivity index (χ4n) is 4.16. The lowest BCUT2D eigenvalue weighted by molar-refractivity contribution is -0.128. The lowest BCUT2D eigenvalue weighted by Crippen LogP contribution is -2.49. The normalized spacial score (nSPS) is 14.1. The zero-order valence-electron chi connectivity index (χ0n) is 19.3. The minimum Gasteiger partial charge on any atom is -0.424 e. The number of thioether (sulfide) groups is 1. The molecule has 0 spiro atoms. The molecule has 0 saturated carbocycles. The minimum absolute atomic E-state index is 0.110. The third-order valence-corrected chi connectivity index (χ3v) is 6.88. The molecule has 8 nitrogen and oxygen atoms in total. The third-order valence-electron chi connectivity index (χ3n) is 5.92. The predicted octanol–water partition coefficient (Wildman–Crippen LogP) is 4.23. The van der Waals surface area contributed by atoms with Crippen LogP contribution >= 0.6 is 11.8 Å². The number of hydrogen-bond acceptors (Lipinski definition) is 7. The van der Waals surface area contributed by atoms with Crippen LogP contribution in [0.25, 0.3) is 11.0 Å². The highest BCUT2D eigenvalue weighted by Crippen LogP contribution is 2.26. The number of carbonyl (C=O) groups is 1. The fraction of sp³-hybridized carbons (Fsp3) is 0.500. The van der Waals surface area contributed by atoms with E-state index in [0.717, 1.165) is 29.2 Å². The summed E-state index contributed by atoms with van der Waals surface area (Å²) in [7, 11) is 0. The maximum absolute atomic E-state index is 12.9. The highest BCUT2D eigenvalue weighted by atomic mass is 32.2. The van der Waals surface area contributed by atoms with Crippen LogP contribution < -0.4 is 4.90 Å². The summed E-state index contributed by atoms with van der Waals surface area (Å²) in [6.07, 6.45) is 4.77. The second-order valence-electron chi connectivity index (χ2n) is 8.25. The van der Waals surface area contributed by atoms with Gasteiger partial charge < -0.3 is 18.8 Å². The minimum atomic E-state index is 0.110. The van der Waals surface area contributed by atoms with Crippen LogP contribution in [0.5, 0.6) is 0 Å². The first-order valence-corrected chi connectivity index (χ1v) is 12.6. The molecule has 1 aromatic carbocycles. The van der Waals surface area contributed by atoms with Gasteiger partial charge in [-0.1, -0.05) is 50.1 Å². The number of aryl methyl sites for hydroxylation is 2. The van der Waals surface area contributed by atoms with E-state index >= 15 is 0 Å². The highest BCUT2D eigenvalue weighted by Gasteiger charge is 2.26. The summed E-state index contributed by atoms with van der Waals surface area (Å²) < 4.78 is 7.87. The molecule has 0 N–H and O–H groups in total. The summed E-state index contributed by atoms with van der Waals surface area (Å²) >= 11 is 1.52. The van der Waals surface area contributed by atoms with Crippen molar-refractivity contribution in [2.75, 3.05) is 36.8 Å². The average Bonchev–Trinajstić information content (AvgIpc) is 3.40. The number of hydrogen-bond donors (Lipinski definition) is 0. The Labute approximate surface area is 198 Å². The molecule has 0 radical (unpaired) electrons. The van der Waals surface area contributed by atoms with Gasteiger partial charge in [0.05, 0.1) is 16.8 Å². The standard InChI is InChI=1S/C24H30N6O2S/c1-3-4-5-8-11-30-21-10-7-6-9-19(21)27-24(30)33-17-22(31)28-12-14-29(15-13-28)23-20(16-25)26-18(2)32-23/h6-7,9-10H,3-5,8,11-15,17H2,1-2H3. The maximum Gasteiger partial charge on any atom is 0.234 e. The van der Waals surface area contributed by atoms with Crippen molar-refractivity contribution >= 4 is 34.6 Å². The summed E-state index contributed by atoms with van der Waals surface area (Å²) in [6.45, 7) is 7.31. The summed E-state index contributed by atoms with van der Waals surface area (Å²) in [5, 5.41) is 10.2. The van der Waals surface area contributed by atoms with Crippen molar-refractivity contribution in [2.45, 2.75) is 51.2 Å². The van der Waals surface area contributed by atoms with E-state index in [2.05, 4.69) is 28.6 Å². The van der Waals surface area contributed by atoms with Crippen molar-refractivity contribution in [1.29, 1.82) is 5.26 Å². The van der Waals surface area contributed by atoms with Gasteiger partial charge in [0.1, 0.15) is 6.07 Å². The fourth-order valence-corrected chi connectivity index (χ4v) is 5.10. The van der Waals surface area contributed by atoms with E-state index in [4.69, 9.17) is 9.40 Å². The van der Waals surface area contributed by atoms with Crippen molar-refractivity contribution in [2.24, 2.45) is 0 Å². The molecule has 0 bridgehead atoms. The van der Waals surface area contributed by atoms with E-state index in [1.807, 2.05) is 28.0 Å². The Hall–Kier alpha value is -2.99. The smallest absolute Gasteiger partial charge is 0.234 e. The second kappa shape index (κ2) is 10.8. The molecule has 1 aliphatic rings. The Morgan fingerprint density at radius 3 is 2.70 bits per heavy atom. The van der Waals surface area contributed by atoms with Gasteiger partial charge in [0.2, 0.25) is 17.5 Å². The number of anilines is 1. The summed E-state index contributed by atoms with van der Waals surface area (Å²) in [5.41, 5.74) is 2.42. The van der Waals surface area contributed by atoms with Crippen LogP contribution in [-0.2, 0) is 11.3 Å². The van der Waals surface area contributed by atoms with E-state index < -0.39 is 0 Å². The van der Waals surface area contributed by atoms with Crippen LogP contribution in [0, 0.1) is 18.3 Å². The monoisotopic (exact) mass is 466 g/mol. The van der Waals surface area contributed by atoms with Crippen LogP contribution in [0.15, 0.2) is 33.8 Å². The van der Waals surface area contributed by atoms with Crippen molar-refractivity contribution in [3.05, 3.63) is 35.9 Å². The van der Waals surface area contributed by atoms with Gasteiger partial charge >= 0.3 is 0 Å². The number of nitrogens with zero attached hydrogens (tertiary/aromatic N) is 6. The molecule has 33 heavy (non-hydrogen) atoms. The predicted molar refractivity (Wildman–Crippen MR) is 129 cm³/mol. The van der Waals surface area contributed by atoms with Gasteiger partial charge in [-0.05, 0) is 18.6 Å². The largest absolute Gasteiger partial charge is 0.424 e. The topological polar surface area (TPSA) is 91.2 Å². The number of unbranched alkanes of at least 4 members (excludes halogenated alkanes) is 3. The SMILES string of the molecule is CCCCCCn1c(SCC(=O)N2CCN(c3oc(C)nc3C#N)CC2)nc2ccccc21.